The molecule has 0 radical (unpaired) electrons. The summed E-state index contributed by atoms with van der Waals surface area (Å²) >= 11 is 0. The minimum absolute atomic E-state index is 0.123. The van der Waals surface area contributed by atoms with Crippen LogP contribution in [0, 0.1) is 23.7 Å². The molecule has 6 heteroatoms. The Labute approximate surface area is 178 Å². The van der Waals surface area contributed by atoms with Crippen molar-refractivity contribution in [2.75, 3.05) is 4.72 Å². The molecule has 0 heterocycles. The molecule has 4 aliphatic carbocycles. The highest BCUT2D eigenvalue weighted by atomic mass is 32.2. The van der Waals surface area contributed by atoms with Gasteiger partial charge in [-0.25, -0.2) is 8.42 Å². The van der Waals surface area contributed by atoms with E-state index in [1.165, 1.54) is 46.0 Å². The van der Waals surface area contributed by atoms with Crippen LogP contribution in [0.2, 0.25) is 0 Å². The number of sulfonamides is 1. The Bertz CT molecular complexity index is 1060. The van der Waals surface area contributed by atoms with Crippen molar-refractivity contribution in [3.8, 4) is 0 Å². The van der Waals surface area contributed by atoms with Crippen molar-refractivity contribution in [3.63, 3.8) is 0 Å². The highest BCUT2D eigenvalue weighted by Crippen LogP contribution is 2.53. The van der Waals surface area contributed by atoms with E-state index in [4.69, 9.17) is 0 Å². The van der Waals surface area contributed by atoms with Crippen molar-refractivity contribution in [1.82, 2.24) is 5.32 Å². The van der Waals surface area contributed by atoms with Crippen LogP contribution in [0.15, 0.2) is 42.5 Å². The summed E-state index contributed by atoms with van der Waals surface area (Å²) in [5.41, 5.74) is 0.503. The minimum atomic E-state index is -3.94. The van der Waals surface area contributed by atoms with Crippen LogP contribution in [0.3, 0.4) is 0 Å². The number of fused-ring (bicyclic) bond motifs is 1. The number of nitrogens with one attached hydrogen (secondary N) is 2. The molecular weight excluding hydrogens is 396 g/mol. The molecule has 4 aliphatic rings. The SMILES string of the molecule is CC(C)(C(=O)NC1C2CC3CC(C2)CC1C3)S(=O)(=O)Nc1cccc2ccccc12. The normalized spacial score (nSPS) is 30.4. The first-order valence-corrected chi connectivity index (χ1v) is 12.5. The zero-order valence-electron chi connectivity index (χ0n) is 17.6. The van der Waals surface area contributed by atoms with E-state index in [-0.39, 0.29) is 6.04 Å². The lowest BCUT2D eigenvalue weighted by Gasteiger charge is -2.54. The van der Waals surface area contributed by atoms with Crippen LogP contribution in [0.5, 0.6) is 0 Å². The Balaban J connectivity index is 1.36. The average Bonchev–Trinajstić information content (AvgIpc) is 2.70. The van der Waals surface area contributed by atoms with E-state index < -0.39 is 20.7 Å². The van der Waals surface area contributed by atoms with Crippen molar-refractivity contribution >= 4 is 32.4 Å². The van der Waals surface area contributed by atoms with Gasteiger partial charge in [-0.1, -0.05) is 36.4 Å². The summed E-state index contributed by atoms with van der Waals surface area (Å²) in [5, 5.41) is 4.95. The summed E-state index contributed by atoms with van der Waals surface area (Å²) in [6.45, 7) is 3.01. The van der Waals surface area contributed by atoms with Crippen LogP contribution in [-0.2, 0) is 14.8 Å². The van der Waals surface area contributed by atoms with Crippen molar-refractivity contribution in [3.05, 3.63) is 42.5 Å². The van der Waals surface area contributed by atoms with Gasteiger partial charge in [0.2, 0.25) is 15.9 Å². The van der Waals surface area contributed by atoms with E-state index in [0.717, 1.165) is 22.6 Å². The van der Waals surface area contributed by atoms with Crippen LogP contribution >= 0.6 is 0 Å². The molecule has 2 aromatic carbocycles. The number of hydrogen-bond acceptors (Lipinski definition) is 3. The molecule has 2 aromatic rings. The van der Waals surface area contributed by atoms with Crippen LogP contribution in [0.1, 0.15) is 46.0 Å². The first-order valence-electron chi connectivity index (χ1n) is 11.1. The summed E-state index contributed by atoms with van der Waals surface area (Å²) in [6.07, 6.45) is 6.07. The summed E-state index contributed by atoms with van der Waals surface area (Å²) < 4.78 is 27.7. The monoisotopic (exact) mass is 426 g/mol. The van der Waals surface area contributed by atoms with Gasteiger partial charge in [-0.15, -0.1) is 0 Å². The zero-order chi connectivity index (χ0) is 21.1. The van der Waals surface area contributed by atoms with E-state index >= 15 is 0 Å². The van der Waals surface area contributed by atoms with Gasteiger partial charge in [0.15, 0.2) is 4.75 Å². The van der Waals surface area contributed by atoms with Crippen LogP contribution in [0.25, 0.3) is 10.8 Å². The van der Waals surface area contributed by atoms with Gasteiger partial charge in [-0.05, 0) is 81.1 Å². The van der Waals surface area contributed by atoms with E-state index in [1.54, 1.807) is 6.07 Å². The smallest absolute Gasteiger partial charge is 0.247 e. The first-order chi connectivity index (χ1) is 14.2. The fraction of sp³-hybridized carbons (Fsp3) is 0.542. The summed E-state index contributed by atoms with van der Waals surface area (Å²) in [7, 11) is -3.94. The zero-order valence-corrected chi connectivity index (χ0v) is 18.4. The fourth-order valence-corrected chi connectivity index (χ4v) is 7.22. The van der Waals surface area contributed by atoms with E-state index in [9.17, 15) is 13.2 Å². The average molecular weight is 427 g/mol. The molecule has 4 bridgehead atoms. The van der Waals surface area contributed by atoms with Crippen molar-refractivity contribution in [2.24, 2.45) is 23.7 Å². The largest absolute Gasteiger partial charge is 0.351 e. The third-order valence-corrected chi connectivity index (χ3v) is 9.79. The molecule has 0 unspecified atom stereocenters. The third-order valence-electron chi connectivity index (χ3n) is 7.78. The molecule has 0 spiro atoms. The molecule has 1 amide bonds. The van der Waals surface area contributed by atoms with E-state index in [1.807, 2.05) is 36.4 Å². The van der Waals surface area contributed by atoms with E-state index in [2.05, 4.69) is 10.0 Å². The topological polar surface area (TPSA) is 75.3 Å². The van der Waals surface area contributed by atoms with Gasteiger partial charge in [0.1, 0.15) is 0 Å². The highest BCUT2D eigenvalue weighted by Gasteiger charge is 2.51. The number of carbonyl (C=O) groups is 1. The second-order valence-corrected chi connectivity index (χ2v) is 12.3. The molecule has 4 fully saturated rings. The maximum atomic E-state index is 13.3. The lowest BCUT2D eigenvalue weighted by molar-refractivity contribution is -0.126. The van der Waals surface area contributed by atoms with Gasteiger partial charge in [0, 0.05) is 11.4 Å². The highest BCUT2D eigenvalue weighted by molar-refractivity contribution is 7.94. The molecule has 6 rings (SSSR count). The molecule has 0 saturated heterocycles. The second kappa shape index (κ2) is 6.98. The Morgan fingerprint density at radius 3 is 2.17 bits per heavy atom. The molecule has 160 valence electrons. The van der Waals surface area contributed by atoms with Gasteiger partial charge >= 0.3 is 0 Å². The molecule has 0 atom stereocenters. The summed E-state index contributed by atoms with van der Waals surface area (Å²) in [4.78, 5) is 13.2. The lowest BCUT2D eigenvalue weighted by Crippen LogP contribution is -2.60. The second-order valence-electron chi connectivity index (χ2n) is 10.1. The molecule has 5 nitrogen and oxygen atoms in total. The van der Waals surface area contributed by atoms with Crippen molar-refractivity contribution in [1.29, 1.82) is 0 Å². The molecular formula is C24H30N2O3S. The maximum absolute atomic E-state index is 13.3. The molecule has 30 heavy (non-hydrogen) atoms. The van der Waals surface area contributed by atoms with Gasteiger partial charge in [0.25, 0.3) is 0 Å². The third kappa shape index (κ3) is 3.20. The van der Waals surface area contributed by atoms with Crippen molar-refractivity contribution < 1.29 is 13.2 Å². The molecule has 0 aromatic heterocycles. The van der Waals surface area contributed by atoms with Gasteiger partial charge in [-0.2, -0.15) is 0 Å². The standard InChI is InChI=1S/C24H30N2O3S/c1-24(2,23(27)25-22-18-11-15-10-16(13-18)14-19(22)12-15)30(28,29)26-21-9-5-7-17-6-3-4-8-20(17)21/h3-9,15-16,18-19,22,26H,10-14H2,1-2H3,(H,25,27). The quantitative estimate of drug-likeness (QED) is 0.748. The Kier molecular flexibility index (Phi) is 4.62. The van der Waals surface area contributed by atoms with Crippen LogP contribution in [0.4, 0.5) is 5.69 Å². The molecule has 0 aliphatic heterocycles. The van der Waals surface area contributed by atoms with Crippen molar-refractivity contribution in [2.45, 2.75) is 56.7 Å². The number of carbonyl (C=O) groups excluding carboxylic acids is 1. The van der Waals surface area contributed by atoms with Gasteiger partial charge < -0.3 is 5.32 Å². The minimum Gasteiger partial charge on any atom is -0.351 e. The predicted molar refractivity (Wildman–Crippen MR) is 120 cm³/mol. The summed E-state index contributed by atoms with van der Waals surface area (Å²) in [5.74, 6) is 2.24. The number of hydrogen-bond donors (Lipinski definition) is 2. The molecule has 4 saturated carbocycles. The van der Waals surface area contributed by atoms with Gasteiger partial charge in [-0.3, -0.25) is 9.52 Å². The predicted octanol–water partition coefficient (Wildman–Crippen LogP) is 4.30. The molecule has 2 N–H and O–H groups in total. The maximum Gasteiger partial charge on any atom is 0.247 e. The van der Waals surface area contributed by atoms with Gasteiger partial charge in [0.05, 0.1) is 5.69 Å². The number of rotatable bonds is 5. The first kappa shape index (κ1) is 19.9. The number of anilines is 1. The van der Waals surface area contributed by atoms with E-state index in [0.29, 0.717) is 17.5 Å². The van der Waals surface area contributed by atoms with Crippen LogP contribution in [-0.4, -0.2) is 25.1 Å². The van der Waals surface area contributed by atoms with Crippen LogP contribution < -0.4 is 10.0 Å². The lowest BCUT2D eigenvalue weighted by atomic mass is 9.54. The Hall–Kier alpha value is -2.08. The number of amides is 1. The summed E-state index contributed by atoms with van der Waals surface area (Å²) in [6, 6.07) is 13.3. The number of benzene rings is 2. The Morgan fingerprint density at radius 1 is 0.900 bits per heavy atom. The fourth-order valence-electron chi connectivity index (χ4n) is 6.19. The Morgan fingerprint density at radius 2 is 1.50 bits per heavy atom.